The second-order valence-electron chi connectivity index (χ2n) is 3.73. The number of halogens is 1. The number of rotatable bonds is 4. The van der Waals surface area contributed by atoms with E-state index >= 15 is 0 Å². The van der Waals surface area contributed by atoms with E-state index in [-0.39, 0.29) is 22.8 Å². The maximum atomic E-state index is 11.9. The highest BCUT2D eigenvalue weighted by Crippen LogP contribution is 2.22. The number of benzene rings is 1. The van der Waals surface area contributed by atoms with Crippen LogP contribution in [0.4, 0.5) is 5.69 Å². The molecule has 0 saturated carbocycles. The summed E-state index contributed by atoms with van der Waals surface area (Å²) in [6, 6.07) is 5.53. The number of amides is 1. The van der Waals surface area contributed by atoms with Gasteiger partial charge in [-0.1, -0.05) is 11.6 Å². The number of nitrogens with one attached hydrogen (secondary N) is 1. The van der Waals surface area contributed by atoms with Crippen LogP contribution >= 0.6 is 11.6 Å². The van der Waals surface area contributed by atoms with Gasteiger partial charge in [0.2, 0.25) is 0 Å². The highest BCUT2D eigenvalue weighted by atomic mass is 35.5. The zero-order valence-electron chi connectivity index (χ0n) is 9.63. The first-order chi connectivity index (χ1) is 9.08. The summed E-state index contributed by atoms with van der Waals surface area (Å²) < 4.78 is 4.85. The van der Waals surface area contributed by atoms with Crippen molar-refractivity contribution in [1.29, 1.82) is 0 Å². The monoisotopic (exact) mass is 280 g/mol. The molecule has 19 heavy (non-hydrogen) atoms. The van der Waals surface area contributed by atoms with Gasteiger partial charge in [0.1, 0.15) is 5.56 Å². The van der Waals surface area contributed by atoms with Gasteiger partial charge in [0, 0.05) is 23.2 Å². The van der Waals surface area contributed by atoms with Crippen LogP contribution in [0.3, 0.4) is 0 Å². The van der Waals surface area contributed by atoms with E-state index in [9.17, 15) is 14.9 Å². The molecule has 2 aromatic rings. The van der Waals surface area contributed by atoms with E-state index in [1.165, 1.54) is 30.7 Å². The predicted molar refractivity (Wildman–Crippen MR) is 68.0 cm³/mol. The molecule has 0 fully saturated rings. The maximum Gasteiger partial charge on any atom is 0.282 e. The Morgan fingerprint density at radius 1 is 1.42 bits per heavy atom. The molecule has 0 radical (unpaired) electrons. The Morgan fingerprint density at radius 2 is 2.21 bits per heavy atom. The molecule has 0 atom stereocenters. The van der Waals surface area contributed by atoms with Crippen molar-refractivity contribution in [2.45, 2.75) is 6.54 Å². The lowest BCUT2D eigenvalue weighted by atomic mass is 10.1. The summed E-state index contributed by atoms with van der Waals surface area (Å²) in [6.45, 7) is 0.221. The molecule has 6 nitrogen and oxygen atoms in total. The molecular weight excluding hydrogens is 272 g/mol. The van der Waals surface area contributed by atoms with Crippen molar-refractivity contribution >= 4 is 23.2 Å². The van der Waals surface area contributed by atoms with Crippen molar-refractivity contribution in [3.63, 3.8) is 0 Å². The number of carbonyl (C=O) groups excluding carboxylic acids is 1. The number of hydrogen-bond acceptors (Lipinski definition) is 4. The average Bonchev–Trinajstić information content (AvgIpc) is 2.88. The first-order valence-electron chi connectivity index (χ1n) is 5.31. The Balaban J connectivity index is 2.18. The highest BCUT2D eigenvalue weighted by molar-refractivity contribution is 6.31. The van der Waals surface area contributed by atoms with Gasteiger partial charge in [0.25, 0.3) is 11.6 Å². The quantitative estimate of drug-likeness (QED) is 0.689. The second kappa shape index (κ2) is 5.53. The van der Waals surface area contributed by atoms with Gasteiger partial charge in [-0.15, -0.1) is 0 Å². The molecule has 0 aliphatic heterocycles. The van der Waals surface area contributed by atoms with Crippen molar-refractivity contribution in [3.05, 3.63) is 63.1 Å². The number of hydrogen-bond donors (Lipinski definition) is 1. The first-order valence-corrected chi connectivity index (χ1v) is 5.69. The number of nitrogens with zero attached hydrogens (tertiary/aromatic N) is 1. The van der Waals surface area contributed by atoms with E-state index in [4.69, 9.17) is 16.0 Å². The average molecular weight is 281 g/mol. The van der Waals surface area contributed by atoms with Crippen LogP contribution in [0.1, 0.15) is 15.9 Å². The lowest BCUT2D eigenvalue weighted by Gasteiger charge is -2.05. The van der Waals surface area contributed by atoms with E-state index < -0.39 is 10.8 Å². The fourth-order valence-corrected chi connectivity index (χ4v) is 1.69. The summed E-state index contributed by atoms with van der Waals surface area (Å²) in [5.41, 5.74) is 0.410. The van der Waals surface area contributed by atoms with Gasteiger partial charge < -0.3 is 9.73 Å². The van der Waals surface area contributed by atoms with Crippen molar-refractivity contribution in [2.75, 3.05) is 0 Å². The van der Waals surface area contributed by atoms with Crippen molar-refractivity contribution in [3.8, 4) is 0 Å². The third-order valence-electron chi connectivity index (χ3n) is 2.43. The van der Waals surface area contributed by atoms with E-state index in [2.05, 4.69) is 5.32 Å². The van der Waals surface area contributed by atoms with Gasteiger partial charge in [-0.05, 0) is 18.2 Å². The highest BCUT2D eigenvalue weighted by Gasteiger charge is 2.20. The van der Waals surface area contributed by atoms with E-state index in [1.807, 2.05) is 0 Å². The molecule has 0 unspecified atom stereocenters. The summed E-state index contributed by atoms with van der Waals surface area (Å²) in [5.74, 6) is -0.560. The Labute approximate surface area is 113 Å². The number of carbonyl (C=O) groups is 1. The lowest BCUT2D eigenvalue weighted by molar-refractivity contribution is -0.385. The van der Waals surface area contributed by atoms with Gasteiger partial charge in [-0.25, -0.2) is 0 Å². The maximum absolute atomic E-state index is 11.9. The fraction of sp³-hybridized carbons (Fsp3) is 0.0833. The third-order valence-corrected chi connectivity index (χ3v) is 2.67. The van der Waals surface area contributed by atoms with Gasteiger partial charge in [-0.3, -0.25) is 14.9 Å². The summed E-state index contributed by atoms with van der Waals surface area (Å²) in [7, 11) is 0. The van der Waals surface area contributed by atoms with Crippen LogP contribution in [0.2, 0.25) is 5.02 Å². The Hall–Kier alpha value is -2.34. The van der Waals surface area contributed by atoms with Crippen LogP contribution in [0.25, 0.3) is 0 Å². The molecule has 2 rings (SSSR count). The van der Waals surface area contributed by atoms with Crippen LogP contribution < -0.4 is 5.32 Å². The molecule has 1 amide bonds. The molecule has 0 aliphatic rings. The molecule has 1 aromatic carbocycles. The van der Waals surface area contributed by atoms with Crippen molar-refractivity contribution in [1.82, 2.24) is 5.32 Å². The molecule has 1 aromatic heterocycles. The molecule has 0 aliphatic carbocycles. The standard InChI is InChI=1S/C12H9ClN2O4/c13-9-1-2-11(15(17)18)10(5-9)12(16)14-6-8-3-4-19-7-8/h1-5,7H,6H2,(H,14,16). The van der Waals surface area contributed by atoms with E-state index in [1.54, 1.807) is 6.07 Å². The number of nitro groups is 1. The second-order valence-corrected chi connectivity index (χ2v) is 4.17. The zero-order chi connectivity index (χ0) is 13.8. The minimum Gasteiger partial charge on any atom is -0.472 e. The number of nitro benzene ring substituents is 1. The normalized spacial score (nSPS) is 10.2. The summed E-state index contributed by atoms with van der Waals surface area (Å²) >= 11 is 5.75. The molecular formula is C12H9ClN2O4. The summed E-state index contributed by atoms with van der Waals surface area (Å²) in [5, 5.41) is 13.7. The van der Waals surface area contributed by atoms with Gasteiger partial charge in [0.05, 0.1) is 17.4 Å². The molecule has 1 N–H and O–H groups in total. The van der Waals surface area contributed by atoms with Crippen molar-refractivity contribution in [2.24, 2.45) is 0 Å². The minimum atomic E-state index is -0.622. The van der Waals surface area contributed by atoms with E-state index in [0.717, 1.165) is 5.56 Å². The molecule has 0 bridgehead atoms. The molecule has 98 valence electrons. The van der Waals surface area contributed by atoms with Crippen LogP contribution in [0, 0.1) is 10.1 Å². The summed E-state index contributed by atoms with van der Waals surface area (Å²) in [4.78, 5) is 22.1. The topological polar surface area (TPSA) is 85.4 Å². The van der Waals surface area contributed by atoms with Crippen LogP contribution in [-0.2, 0) is 6.54 Å². The van der Waals surface area contributed by atoms with Crippen LogP contribution in [0.15, 0.2) is 41.2 Å². The Kier molecular flexibility index (Phi) is 3.82. The third kappa shape index (κ3) is 3.11. The molecule has 1 heterocycles. The van der Waals surface area contributed by atoms with Gasteiger partial charge in [0.15, 0.2) is 0 Å². The Bertz CT molecular complexity index is 610. The fourth-order valence-electron chi connectivity index (χ4n) is 1.52. The SMILES string of the molecule is O=C(NCc1ccoc1)c1cc(Cl)ccc1[N+](=O)[O-]. The van der Waals surface area contributed by atoms with Gasteiger partial charge in [-0.2, -0.15) is 0 Å². The lowest BCUT2D eigenvalue weighted by Crippen LogP contribution is -2.23. The van der Waals surface area contributed by atoms with Crippen molar-refractivity contribution < 1.29 is 14.1 Å². The van der Waals surface area contributed by atoms with Gasteiger partial charge >= 0.3 is 0 Å². The minimum absolute atomic E-state index is 0.0685. The predicted octanol–water partition coefficient (Wildman–Crippen LogP) is 2.77. The molecule has 0 spiro atoms. The zero-order valence-corrected chi connectivity index (χ0v) is 10.4. The molecule has 0 saturated heterocycles. The van der Waals surface area contributed by atoms with Crippen LogP contribution in [0.5, 0.6) is 0 Å². The largest absolute Gasteiger partial charge is 0.472 e. The molecule has 7 heteroatoms. The summed E-state index contributed by atoms with van der Waals surface area (Å²) in [6.07, 6.45) is 2.95. The van der Waals surface area contributed by atoms with E-state index in [0.29, 0.717) is 0 Å². The van der Waals surface area contributed by atoms with Crippen LogP contribution in [-0.4, -0.2) is 10.8 Å². The number of furan rings is 1. The first kappa shape index (κ1) is 13.1. The Morgan fingerprint density at radius 3 is 2.84 bits per heavy atom. The smallest absolute Gasteiger partial charge is 0.282 e.